The molecule has 0 unspecified atom stereocenters. The second kappa shape index (κ2) is 7.09. The average molecular weight is 305 g/mol. The number of aromatic nitrogens is 1. The minimum atomic E-state index is -0.576. The Hall–Kier alpha value is -2.07. The maximum Gasteiger partial charge on any atom is 0.261 e. The van der Waals surface area contributed by atoms with Crippen LogP contribution >= 0.6 is 11.6 Å². The van der Waals surface area contributed by atoms with Crippen molar-refractivity contribution in [2.45, 2.75) is 26.5 Å². The molecule has 1 atom stereocenters. The number of pyridine rings is 1. The molecule has 110 valence electrons. The summed E-state index contributed by atoms with van der Waals surface area (Å²) in [6, 6.07) is 9.04. The van der Waals surface area contributed by atoms with E-state index in [1.54, 1.807) is 31.5 Å². The quantitative estimate of drug-likeness (QED) is 0.923. The van der Waals surface area contributed by atoms with Crippen LogP contribution in [-0.2, 0) is 11.3 Å². The second-order valence-electron chi connectivity index (χ2n) is 4.74. The van der Waals surface area contributed by atoms with Crippen molar-refractivity contribution in [1.29, 1.82) is 0 Å². The lowest BCUT2D eigenvalue weighted by Gasteiger charge is -2.15. The predicted molar refractivity (Wildman–Crippen MR) is 82.4 cm³/mol. The zero-order valence-corrected chi connectivity index (χ0v) is 12.7. The minimum absolute atomic E-state index is 0.167. The topological polar surface area (TPSA) is 51.2 Å². The van der Waals surface area contributed by atoms with Crippen molar-refractivity contribution in [2.24, 2.45) is 0 Å². The molecule has 0 aliphatic rings. The third-order valence-corrected chi connectivity index (χ3v) is 3.45. The molecule has 0 radical (unpaired) electrons. The van der Waals surface area contributed by atoms with Gasteiger partial charge in [0.05, 0.1) is 0 Å². The summed E-state index contributed by atoms with van der Waals surface area (Å²) in [6.45, 7) is 4.06. The van der Waals surface area contributed by atoms with Crippen LogP contribution in [0, 0.1) is 6.92 Å². The number of hydrogen-bond donors (Lipinski definition) is 1. The lowest BCUT2D eigenvalue weighted by Crippen LogP contribution is -2.35. The van der Waals surface area contributed by atoms with Crippen molar-refractivity contribution in [2.75, 3.05) is 0 Å². The van der Waals surface area contributed by atoms with Gasteiger partial charge in [0.1, 0.15) is 5.75 Å². The molecule has 1 aromatic carbocycles. The monoisotopic (exact) mass is 304 g/mol. The number of amides is 1. The first kappa shape index (κ1) is 15.3. The molecule has 0 aliphatic heterocycles. The summed E-state index contributed by atoms with van der Waals surface area (Å²) in [4.78, 5) is 15.9. The molecule has 1 N–H and O–H groups in total. The van der Waals surface area contributed by atoms with Crippen LogP contribution in [0.1, 0.15) is 18.1 Å². The molecule has 1 amide bonds. The Labute approximate surface area is 129 Å². The van der Waals surface area contributed by atoms with E-state index in [1.807, 2.05) is 25.1 Å². The largest absolute Gasteiger partial charge is 0.481 e. The van der Waals surface area contributed by atoms with Crippen molar-refractivity contribution in [3.8, 4) is 5.75 Å². The highest BCUT2D eigenvalue weighted by molar-refractivity contribution is 6.31. The predicted octanol–water partition coefficient (Wildman–Crippen LogP) is 3.13. The highest BCUT2D eigenvalue weighted by atomic mass is 35.5. The van der Waals surface area contributed by atoms with E-state index in [1.165, 1.54) is 0 Å². The van der Waals surface area contributed by atoms with Gasteiger partial charge in [0, 0.05) is 24.0 Å². The molecule has 1 heterocycles. The van der Waals surface area contributed by atoms with Gasteiger partial charge in [-0.2, -0.15) is 0 Å². The van der Waals surface area contributed by atoms with Gasteiger partial charge in [0.15, 0.2) is 6.10 Å². The number of halogens is 1. The summed E-state index contributed by atoms with van der Waals surface area (Å²) in [5.74, 6) is 0.461. The lowest BCUT2D eigenvalue weighted by atomic mass is 10.2. The molecule has 1 aromatic heterocycles. The molecule has 2 aromatic rings. The Balaban J connectivity index is 1.88. The third-order valence-electron chi connectivity index (χ3n) is 3.03. The maximum atomic E-state index is 12.0. The second-order valence-corrected chi connectivity index (χ2v) is 5.15. The van der Waals surface area contributed by atoms with Crippen molar-refractivity contribution in [1.82, 2.24) is 10.3 Å². The Morgan fingerprint density at radius 1 is 1.33 bits per heavy atom. The molecule has 0 bridgehead atoms. The standard InChI is InChI=1S/C16H17ClN2O2/c1-11-9-14(3-4-15(11)17)21-12(2)16(20)19-10-13-5-7-18-8-6-13/h3-9,12H,10H2,1-2H3,(H,19,20)/t12-/m0/s1. The van der Waals surface area contributed by atoms with Crippen LogP contribution in [0.15, 0.2) is 42.7 Å². The zero-order valence-electron chi connectivity index (χ0n) is 12.0. The summed E-state index contributed by atoms with van der Waals surface area (Å²) in [6.07, 6.45) is 2.81. The molecular formula is C16H17ClN2O2. The Bertz CT molecular complexity index is 617. The fourth-order valence-corrected chi connectivity index (χ4v) is 1.90. The fraction of sp³-hybridized carbons (Fsp3) is 0.250. The number of carbonyl (C=O) groups is 1. The molecule has 4 nitrogen and oxygen atoms in total. The Kier molecular flexibility index (Phi) is 5.17. The summed E-state index contributed by atoms with van der Waals surface area (Å²) in [5.41, 5.74) is 1.91. The fourth-order valence-electron chi connectivity index (χ4n) is 1.78. The first-order chi connectivity index (χ1) is 10.1. The van der Waals surface area contributed by atoms with E-state index in [2.05, 4.69) is 10.3 Å². The summed E-state index contributed by atoms with van der Waals surface area (Å²) in [7, 11) is 0. The van der Waals surface area contributed by atoms with E-state index in [-0.39, 0.29) is 5.91 Å². The van der Waals surface area contributed by atoms with Crippen LogP contribution in [-0.4, -0.2) is 17.0 Å². The molecular weight excluding hydrogens is 288 g/mol. The van der Waals surface area contributed by atoms with Crippen LogP contribution in [0.4, 0.5) is 0 Å². The first-order valence-electron chi connectivity index (χ1n) is 6.65. The number of benzene rings is 1. The van der Waals surface area contributed by atoms with Crippen LogP contribution in [0.25, 0.3) is 0 Å². The third kappa shape index (κ3) is 4.46. The van der Waals surface area contributed by atoms with Gasteiger partial charge < -0.3 is 10.1 Å². The maximum absolute atomic E-state index is 12.0. The Morgan fingerprint density at radius 3 is 2.71 bits per heavy atom. The van der Waals surface area contributed by atoms with Gasteiger partial charge in [-0.1, -0.05) is 11.6 Å². The van der Waals surface area contributed by atoms with E-state index in [9.17, 15) is 4.79 Å². The highest BCUT2D eigenvalue weighted by Gasteiger charge is 2.14. The Morgan fingerprint density at radius 2 is 2.05 bits per heavy atom. The van der Waals surface area contributed by atoms with E-state index in [4.69, 9.17) is 16.3 Å². The highest BCUT2D eigenvalue weighted by Crippen LogP contribution is 2.21. The van der Waals surface area contributed by atoms with Gasteiger partial charge in [-0.05, 0) is 55.3 Å². The van der Waals surface area contributed by atoms with E-state index < -0.39 is 6.10 Å². The van der Waals surface area contributed by atoms with Crippen molar-refractivity contribution < 1.29 is 9.53 Å². The van der Waals surface area contributed by atoms with Crippen molar-refractivity contribution in [3.05, 3.63) is 58.9 Å². The smallest absolute Gasteiger partial charge is 0.261 e. The molecule has 0 spiro atoms. The summed E-state index contributed by atoms with van der Waals surface area (Å²) < 4.78 is 5.62. The van der Waals surface area contributed by atoms with Crippen LogP contribution < -0.4 is 10.1 Å². The number of aryl methyl sites for hydroxylation is 1. The minimum Gasteiger partial charge on any atom is -0.481 e. The van der Waals surface area contributed by atoms with Crippen LogP contribution in [0.3, 0.4) is 0 Å². The average Bonchev–Trinajstić information content (AvgIpc) is 2.49. The normalized spacial score (nSPS) is 11.8. The van der Waals surface area contributed by atoms with Crippen LogP contribution in [0.5, 0.6) is 5.75 Å². The molecule has 2 rings (SSSR count). The molecule has 0 saturated heterocycles. The molecule has 0 fully saturated rings. The van der Waals surface area contributed by atoms with E-state index in [0.717, 1.165) is 11.1 Å². The molecule has 5 heteroatoms. The molecule has 21 heavy (non-hydrogen) atoms. The van der Waals surface area contributed by atoms with Gasteiger partial charge in [-0.25, -0.2) is 0 Å². The van der Waals surface area contributed by atoms with Gasteiger partial charge in [0.25, 0.3) is 5.91 Å². The van der Waals surface area contributed by atoms with Gasteiger partial charge >= 0.3 is 0 Å². The number of nitrogens with zero attached hydrogens (tertiary/aromatic N) is 1. The van der Waals surface area contributed by atoms with Crippen molar-refractivity contribution >= 4 is 17.5 Å². The molecule has 0 saturated carbocycles. The summed E-state index contributed by atoms with van der Waals surface area (Å²) >= 11 is 5.96. The van der Waals surface area contributed by atoms with Crippen molar-refractivity contribution in [3.63, 3.8) is 0 Å². The lowest BCUT2D eigenvalue weighted by molar-refractivity contribution is -0.127. The van der Waals surface area contributed by atoms with Gasteiger partial charge in [0.2, 0.25) is 0 Å². The van der Waals surface area contributed by atoms with E-state index in [0.29, 0.717) is 17.3 Å². The summed E-state index contributed by atoms with van der Waals surface area (Å²) in [5, 5.41) is 3.51. The first-order valence-corrected chi connectivity index (χ1v) is 7.03. The number of rotatable bonds is 5. The SMILES string of the molecule is Cc1cc(O[C@@H](C)C(=O)NCc2ccncc2)ccc1Cl. The van der Waals surface area contributed by atoms with E-state index >= 15 is 0 Å². The molecule has 0 aliphatic carbocycles. The van der Waals surface area contributed by atoms with Gasteiger partial charge in [-0.3, -0.25) is 9.78 Å². The van der Waals surface area contributed by atoms with Gasteiger partial charge in [-0.15, -0.1) is 0 Å². The zero-order chi connectivity index (χ0) is 15.2. The number of ether oxygens (including phenoxy) is 1. The number of nitrogens with one attached hydrogen (secondary N) is 1. The van der Waals surface area contributed by atoms with Crippen LogP contribution in [0.2, 0.25) is 5.02 Å². The number of hydrogen-bond acceptors (Lipinski definition) is 3. The number of carbonyl (C=O) groups excluding carboxylic acids is 1.